The van der Waals surface area contributed by atoms with E-state index in [1.807, 2.05) is 0 Å². The molecule has 0 aliphatic carbocycles. The number of Topliss-reactive ketones (excluding diaryl/α,β-unsaturated/α-hetero) is 1. The maximum atomic E-state index is 10.9. The van der Waals surface area contributed by atoms with E-state index in [1.165, 1.54) is 6.07 Å². The first-order valence-electron chi connectivity index (χ1n) is 3.60. The third kappa shape index (κ3) is 3.48. The number of carbonyl (C=O) groups is 1. The minimum atomic E-state index is -1.85. The molecule has 0 spiro atoms. The lowest BCUT2D eigenvalue weighted by molar-refractivity contribution is -0.142. The van der Waals surface area contributed by atoms with Crippen molar-refractivity contribution in [3.05, 3.63) is 0 Å². The molecule has 0 aromatic heterocycles. The van der Waals surface area contributed by atoms with Crippen LogP contribution in [0.5, 0.6) is 0 Å². The molecular formula is C7H11NO5. The molecular weight excluding hydrogens is 178 g/mol. The molecule has 0 rings (SSSR count). The Morgan fingerprint density at radius 3 is 2.31 bits per heavy atom. The summed E-state index contributed by atoms with van der Waals surface area (Å²) >= 11 is 0. The first-order chi connectivity index (χ1) is 6.04. The van der Waals surface area contributed by atoms with E-state index in [0.717, 1.165) is 0 Å². The van der Waals surface area contributed by atoms with Crippen LogP contribution in [-0.2, 0) is 4.79 Å². The Kier molecular flexibility index (Phi) is 5.18. The first kappa shape index (κ1) is 12.0. The van der Waals surface area contributed by atoms with Gasteiger partial charge in [-0.25, -0.2) is 0 Å². The Labute approximate surface area is 74.7 Å². The van der Waals surface area contributed by atoms with Gasteiger partial charge in [0.05, 0.1) is 19.1 Å². The molecule has 3 atom stereocenters. The summed E-state index contributed by atoms with van der Waals surface area (Å²) in [7, 11) is 0. The maximum Gasteiger partial charge on any atom is 0.193 e. The number of aliphatic hydroxyl groups excluding tert-OH is 4. The van der Waals surface area contributed by atoms with Gasteiger partial charge in [0.2, 0.25) is 0 Å². The SMILES string of the molecule is N#CC[C@@H](O)C(=O)[C@H](O)[C@@H](O)CO. The number of nitriles is 1. The summed E-state index contributed by atoms with van der Waals surface area (Å²) in [4.78, 5) is 10.9. The fourth-order valence-corrected chi connectivity index (χ4v) is 0.674. The molecule has 0 amide bonds. The van der Waals surface area contributed by atoms with E-state index in [2.05, 4.69) is 0 Å². The van der Waals surface area contributed by atoms with E-state index >= 15 is 0 Å². The summed E-state index contributed by atoms with van der Waals surface area (Å²) in [6.45, 7) is -0.786. The first-order valence-corrected chi connectivity index (χ1v) is 3.60. The second-order valence-corrected chi connectivity index (χ2v) is 2.48. The van der Waals surface area contributed by atoms with Crippen molar-refractivity contribution in [2.24, 2.45) is 0 Å². The van der Waals surface area contributed by atoms with Gasteiger partial charge >= 0.3 is 0 Å². The normalized spacial score (nSPS) is 17.2. The maximum absolute atomic E-state index is 10.9. The zero-order valence-corrected chi connectivity index (χ0v) is 6.79. The summed E-state index contributed by atoms with van der Waals surface area (Å²) in [6.07, 6.45) is -5.55. The molecule has 4 N–H and O–H groups in total. The van der Waals surface area contributed by atoms with Gasteiger partial charge in [-0.1, -0.05) is 0 Å². The standard InChI is InChI=1S/C7H11NO5/c8-2-1-4(10)6(12)7(13)5(11)3-9/h4-5,7,9-11,13H,1,3H2/t4-,5+,7-/m1/s1. The molecule has 0 fully saturated rings. The van der Waals surface area contributed by atoms with Crippen LogP contribution < -0.4 is 0 Å². The van der Waals surface area contributed by atoms with Crippen LogP contribution in [0, 0.1) is 11.3 Å². The summed E-state index contributed by atoms with van der Waals surface area (Å²) in [6, 6.07) is 1.53. The van der Waals surface area contributed by atoms with Crippen LogP contribution in [0.15, 0.2) is 0 Å². The van der Waals surface area contributed by atoms with Crippen LogP contribution in [-0.4, -0.2) is 51.1 Å². The highest BCUT2D eigenvalue weighted by molar-refractivity contribution is 5.87. The van der Waals surface area contributed by atoms with Crippen molar-refractivity contribution < 1.29 is 25.2 Å². The van der Waals surface area contributed by atoms with Crippen molar-refractivity contribution in [3.63, 3.8) is 0 Å². The molecule has 0 aromatic rings. The summed E-state index contributed by atoms with van der Waals surface area (Å²) in [5.74, 6) is -1.07. The number of ketones is 1. The fraction of sp³-hybridized carbons (Fsp3) is 0.714. The summed E-state index contributed by atoms with van der Waals surface area (Å²) < 4.78 is 0. The van der Waals surface area contributed by atoms with Crippen LogP contribution in [0.25, 0.3) is 0 Å². The second-order valence-electron chi connectivity index (χ2n) is 2.48. The number of hydrogen-bond acceptors (Lipinski definition) is 6. The van der Waals surface area contributed by atoms with Crippen molar-refractivity contribution in [3.8, 4) is 6.07 Å². The Bertz CT molecular complexity index is 211. The molecule has 6 heteroatoms. The minimum Gasteiger partial charge on any atom is -0.394 e. The lowest BCUT2D eigenvalue weighted by Gasteiger charge is -2.16. The predicted molar refractivity (Wildman–Crippen MR) is 40.3 cm³/mol. The van der Waals surface area contributed by atoms with E-state index in [1.54, 1.807) is 0 Å². The Hall–Kier alpha value is -1.00. The van der Waals surface area contributed by atoms with Crippen molar-refractivity contribution in [1.29, 1.82) is 5.26 Å². The second kappa shape index (κ2) is 5.61. The highest BCUT2D eigenvalue weighted by atomic mass is 16.4. The molecule has 0 aliphatic rings. The number of nitrogens with zero attached hydrogens (tertiary/aromatic N) is 1. The van der Waals surface area contributed by atoms with Gasteiger partial charge in [0.15, 0.2) is 5.78 Å². The van der Waals surface area contributed by atoms with Crippen LogP contribution in [0.4, 0.5) is 0 Å². The molecule has 6 nitrogen and oxygen atoms in total. The molecule has 0 aliphatic heterocycles. The third-order valence-corrected chi connectivity index (χ3v) is 1.46. The van der Waals surface area contributed by atoms with E-state index < -0.39 is 37.1 Å². The van der Waals surface area contributed by atoms with Gasteiger partial charge in [0.1, 0.15) is 18.3 Å². The number of carbonyl (C=O) groups excluding carboxylic acids is 1. The van der Waals surface area contributed by atoms with Crippen LogP contribution in [0.3, 0.4) is 0 Å². The van der Waals surface area contributed by atoms with Crippen molar-refractivity contribution in [1.82, 2.24) is 0 Å². The topological polar surface area (TPSA) is 122 Å². The lowest BCUT2D eigenvalue weighted by Crippen LogP contribution is -2.42. The van der Waals surface area contributed by atoms with Gasteiger partial charge in [-0.05, 0) is 0 Å². The van der Waals surface area contributed by atoms with Gasteiger partial charge < -0.3 is 20.4 Å². The summed E-state index contributed by atoms with van der Waals surface area (Å²) in [5.41, 5.74) is 0. The number of aliphatic hydroxyl groups is 4. The Morgan fingerprint density at radius 2 is 1.92 bits per heavy atom. The van der Waals surface area contributed by atoms with Crippen molar-refractivity contribution >= 4 is 5.78 Å². The van der Waals surface area contributed by atoms with Crippen molar-refractivity contribution in [2.45, 2.75) is 24.7 Å². The van der Waals surface area contributed by atoms with Gasteiger partial charge in [-0.3, -0.25) is 4.79 Å². The van der Waals surface area contributed by atoms with Crippen molar-refractivity contribution in [2.75, 3.05) is 6.61 Å². The molecule has 0 saturated heterocycles. The van der Waals surface area contributed by atoms with E-state index in [-0.39, 0.29) is 0 Å². The molecule has 0 heterocycles. The number of hydrogen-bond donors (Lipinski definition) is 4. The van der Waals surface area contributed by atoms with E-state index in [4.69, 9.17) is 25.7 Å². The van der Waals surface area contributed by atoms with E-state index in [0.29, 0.717) is 0 Å². The van der Waals surface area contributed by atoms with Crippen LogP contribution in [0.1, 0.15) is 6.42 Å². The van der Waals surface area contributed by atoms with Gasteiger partial charge in [0, 0.05) is 0 Å². The zero-order valence-electron chi connectivity index (χ0n) is 6.79. The van der Waals surface area contributed by atoms with Crippen LogP contribution >= 0.6 is 0 Å². The molecule has 0 unspecified atom stereocenters. The minimum absolute atomic E-state index is 0.450. The van der Waals surface area contributed by atoms with Gasteiger partial charge in [-0.2, -0.15) is 5.26 Å². The zero-order chi connectivity index (χ0) is 10.4. The quantitative estimate of drug-likeness (QED) is 0.380. The average Bonchev–Trinajstić information content (AvgIpc) is 2.14. The average molecular weight is 189 g/mol. The highest BCUT2D eigenvalue weighted by Crippen LogP contribution is 2.01. The molecule has 0 aromatic carbocycles. The summed E-state index contributed by atoms with van der Waals surface area (Å²) in [5, 5.41) is 43.1. The third-order valence-electron chi connectivity index (χ3n) is 1.46. The smallest absolute Gasteiger partial charge is 0.193 e. The largest absolute Gasteiger partial charge is 0.394 e. The molecule has 0 bridgehead atoms. The fourth-order valence-electron chi connectivity index (χ4n) is 0.674. The molecule has 74 valence electrons. The van der Waals surface area contributed by atoms with Gasteiger partial charge in [0.25, 0.3) is 0 Å². The Morgan fingerprint density at radius 1 is 1.38 bits per heavy atom. The molecule has 13 heavy (non-hydrogen) atoms. The highest BCUT2D eigenvalue weighted by Gasteiger charge is 2.28. The Balaban J connectivity index is 4.18. The van der Waals surface area contributed by atoms with Gasteiger partial charge in [-0.15, -0.1) is 0 Å². The monoisotopic (exact) mass is 189 g/mol. The molecule has 0 saturated carbocycles. The number of rotatable bonds is 5. The van der Waals surface area contributed by atoms with Crippen LogP contribution in [0.2, 0.25) is 0 Å². The van der Waals surface area contributed by atoms with E-state index in [9.17, 15) is 4.79 Å². The molecule has 0 radical (unpaired) electrons. The predicted octanol–water partition coefficient (Wildman–Crippen LogP) is -2.46. The lowest BCUT2D eigenvalue weighted by atomic mass is 10.0.